The molecule has 1 heterocycles. The highest BCUT2D eigenvalue weighted by molar-refractivity contribution is 6.31. The van der Waals surface area contributed by atoms with Gasteiger partial charge in [-0.25, -0.2) is 0 Å². The first-order chi connectivity index (χ1) is 14.1. The van der Waals surface area contributed by atoms with Gasteiger partial charge in [0.25, 0.3) is 11.8 Å². The normalized spacial score (nSPS) is 12.8. The summed E-state index contributed by atoms with van der Waals surface area (Å²) in [5.74, 6) is -0.555. The second kappa shape index (κ2) is 7.89. The van der Waals surface area contributed by atoms with Gasteiger partial charge >= 0.3 is 0 Å². The van der Waals surface area contributed by atoms with E-state index in [2.05, 4.69) is 0 Å². The largest absolute Gasteiger partial charge is 0.491 e. The van der Waals surface area contributed by atoms with Gasteiger partial charge in [0.1, 0.15) is 12.4 Å². The third-order valence-electron chi connectivity index (χ3n) is 4.67. The lowest BCUT2D eigenvalue weighted by Gasteiger charge is -2.16. The van der Waals surface area contributed by atoms with Crippen LogP contribution >= 0.6 is 11.6 Å². The number of ketones is 1. The van der Waals surface area contributed by atoms with Crippen LogP contribution in [0.15, 0.2) is 72.8 Å². The van der Waals surface area contributed by atoms with Crippen LogP contribution in [0, 0.1) is 0 Å². The highest BCUT2D eigenvalue weighted by Crippen LogP contribution is 2.26. The summed E-state index contributed by atoms with van der Waals surface area (Å²) in [7, 11) is 0. The smallest absolute Gasteiger partial charge is 0.261 e. The van der Waals surface area contributed by atoms with Crippen molar-refractivity contribution < 1.29 is 19.1 Å². The second-order valence-corrected chi connectivity index (χ2v) is 6.93. The Labute approximate surface area is 172 Å². The number of rotatable bonds is 6. The molecule has 144 valence electrons. The molecule has 0 aliphatic carbocycles. The average molecular weight is 406 g/mol. The first kappa shape index (κ1) is 18.9. The van der Waals surface area contributed by atoms with E-state index >= 15 is 0 Å². The molecule has 0 fully saturated rings. The fraction of sp³-hybridized carbons (Fsp3) is 0.0870. The maximum Gasteiger partial charge on any atom is 0.261 e. The Morgan fingerprint density at radius 3 is 2.14 bits per heavy atom. The molecule has 0 bridgehead atoms. The van der Waals surface area contributed by atoms with Crippen molar-refractivity contribution in [3.8, 4) is 5.75 Å². The fourth-order valence-corrected chi connectivity index (χ4v) is 3.41. The SMILES string of the molecule is O=C(c1ccccc1)c1cc(Cl)ccc1OCCN1C(=O)c2ccccc2C1=O. The molecule has 0 unspecified atom stereocenters. The molecule has 1 aliphatic heterocycles. The molecule has 3 aromatic rings. The lowest BCUT2D eigenvalue weighted by molar-refractivity contribution is 0.0630. The molecule has 4 rings (SSSR count). The number of hydrogen-bond acceptors (Lipinski definition) is 4. The Kier molecular flexibility index (Phi) is 5.14. The molecule has 5 nitrogen and oxygen atoms in total. The number of hydrogen-bond donors (Lipinski definition) is 0. The zero-order valence-electron chi connectivity index (χ0n) is 15.3. The van der Waals surface area contributed by atoms with E-state index in [1.54, 1.807) is 66.7 Å². The predicted molar refractivity (Wildman–Crippen MR) is 109 cm³/mol. The van der Waals surface area contributed by atoms with Crippen molar-refractivity contribution in [2.45, 2.75) is 0 Å². The third-order valence-corrected chi connectivity index (χ3v) is 4.91. The highest BCUT2D eigenvalue weighted by atomic mass is 35.5. The van der Waals surface area contributed by atoms with Crippen molar-refractivity contribution in [2.75, 3.05) is 13.2 Å². The van der Waals surface area contributed by atoms with Gasteiger partial charge in [-0.15, -0.1) is 0 Å². The van der Waals surface area contributed by atoms with Crippen LogP contribution in [0.4, 0.5) is 0 Å². The van der Waals surface area contributed by atoms with Crippen molar-refractivity contribution >= 4 is 29.2 Å². The minimum Gasteiger partial charge on any atom is -0.491 e. The molecule has 0 N–H and O–H groups in total. The van der Waals surface area contributed by atoms with Gasteiger partial charge in [0, 0.05) is 10.6 Å². The van der Waals surface area contributed by atoms with E-state index < -0.39 is 0 Å². The van der Waals surface area contributed by atoms with Crippen LogP contribution in [0.2, 0.25) is 5.02 Å². The minimum absolute atomic E-state index is 0.0577. The lowest BCUT2D eigenvalue weighted by Crippen LogP contribution is -2.33. The number of halogens is 1. The molecule has 0 radical (unpaired) electrons. The molecule has 0 spiro atoms. The number of amides is 2. The van der Waals surface area contributed by atoms with E-state index in [9.17, 15) is 14.4 Å². The van der Waals surface area contributed by atoms with Crippen LogP contribution < -0.4 is 4.74 Å². The Hall–Kier alpha value is -3.44. The monoisotopic (exact) mass is 405 g/mol. The Morgan fingerprint density at radius 2 is 1.48 bits per heavy atom. The first-order valence-electron chi connectivity index (χ1n) is 9.03. The summed E-state index contributed by atoms with van der Waals surface area (Å²) >= 11 is 6.07. The maximum atomic E-state index is 12.8. The van der Waals surface area contributed by atoms with E-state index in [4.69, 9.17) is 16.3 Å². The minimum atomic E-state index is -0.342. The highest BCUT2D eigenvalue weighted by Gasteiger charge is 2.34. The van der Waals surface area contributed by atoms with Gasteiger partial charge in [0.05, 0.1) is 23.2 Å². The summed E-state index contributed by atoms with van der Waals surface area (Å²) < 4.78 is 5.77. The number of nitrogens with zero attached hydrogens (tertiary/aromatic N) is 1. The van der Waals surface area contributed by atoms with Crippen molar-refractivity contribution in [1.82, 2.24) is 4.90 Å². The number of ether oxygens (including phenoxy) is 1. The summed E-state index contributed by atoms with van der Waals surface area (Å²) in [5, 5.41) is 0.414. The van der Waals surface area contributed by atoms with Crippen LogP contribution in [0.1, 0.15) is 36.6 Å². The van der Waals surface area contributed by atoms with Gasteiger partial charge in [-0.1, -0.05) is 54.1 Å². The van der Waals surface area contributed by atoms with Crippen molar-refractivity contribution in [3.63, 3.8) is 0 Å². The number of benzene rings is 3. The van der Waals surface area contributed by atoms with Crippen LogP contribution in [-0.2, 0) is 0 Å². The topological polar surface area (TPSA) is 63.7 Å². The summed E-state index contributed by atoms with van der Waals surface area (Å²) in [6.45, 7) is 0.135. The van der Waals surface area contributed by atoms with Crippen molar-refractivity contribution in [3.05, 3.63) is 100 Å². The maximum absolute atomic E-state index is 12.8. The van der Waals surface area contributed by atoms with E-state index in [-0.39, 0.29) is 30.7 Å². The van der Waals surface area contributed by atoms with Gasteiger partial charge in [-0.2, -0.15) is 0 Å². The molecule has 0 saturated heterocycles. The summed E-state index contributed by atoms with van der Waals surface area (Å²) in [6, 6.07) is 20.3. The molecule has 3 aromatic carbocycles. The zero-order chi connectivity index (χ0) is 20.4. The van der Waals surface area contributed by atoms with Gasteiger partial charge in [-0.05, 0) is 30.3 Å². The molecule has 29 heavy (non-hydrogen) atoms. The average Bonchev–Trinajstić information content (AvgIpc) is 3.00. The third kappa shape index (κ3) is 3.65. The van der Waals surface area contributed by atoms with E-state index in [1.807, 2.05) is 6.07 Å². The molecule has 0 saturated carbocycles. The summed E-state index contributed by atoms with van der Waals surface area (Å²) in [4.78, 5) is 38.9. The first-order valence-corrected chi connectivity index (χ1v) is 9.41. The van der Waals surface area contributed by atoms with E-state index in [0.29, 0.717) is 33.0 Å². The van der Waals surface area contributed by atoms with Gasteiger partial charge in [0.2, 0.25) is 0 Å². The van der Waals surface area contributed by atoms with E-state index in [1.165, 1.54) is 0 Å². The molecule has 0 atom stereocenters. The molecular formula is C23H16ClNO4. The van der Waals surface area contributed by atoms with Gasteiger partial charge in [-0.3, -0.25) is 19.3 Å². The Morgan fingerprint density at radius 1 is 0.862 bits per heavy atom. The van der Waals surface area contributed by atoms with Crippen LogP contribution in [0.5, 0.6) is 5.75 Å². The summed E-state index contributed by atoms with van der Waals surface area (Å²) in [6.07, 6.45) is 0. The Bertz CT molecular complexity index is 1080. The lowest BCUT2D eigenvalue weighted by atomic mass is 10.0. The standard InChI is InChI=1S/C23H16ClNO4/c24-16-10-11-20(19(14-16)21(26)15-6-2-1-3-7-15)29-13-12-25-22(27)17-8-4-5-9-18(17)23(25)28/h1-11,14H,12-13H2. The number of carbonyl (C=O) groups excluding carboxylic acids is 3. The summed E-state index contributed by atoms with van der Waals surface area (Å²) in [5.41, 5.74) is 1.62. The molecular weight excluding hydrogens is 390 g/mol. The number of fused-ring (bicyclic) bond motifs is 1. The fourth-order valence-electron chi connectivity index (χ4n) is 3.24. The van der Waals surface area contributed by atoms with Crippen LogP contribution in [-0.4, -0.2) is 35.6 Å². The zero-order valence-corrected chi connectivity index (χ0v) is 16.1. The predicted octanol–water partition coefficient (Wildman–Crippen LogP) is 4.25. The van der Waals surface area contributed by atoms with Gasteiger partial charge in [0.15, 0.2) is 5.78 Å². The second-order valence-electron chi connectivity index (χ2n) is 6.49. The van der Waals surface area contributed by atoms with Crippen molar-refractivity contribution in [1.29, 1.82) is 0 Å². The van der Waals surface area contributed by atoms with E-state index in [0.717, 1.165) is 4.90 Å². The number of carbonyl (C=O) groups is 3. The quantitative estimate of drug-likeness (QED) is 0.454. The Balaban J connectivity index is 1.49. The molecule has 1 aliphatic rings. The number of imide groups is 1. The van der Waals surface area contributed by atoms with Crippen LogP contribution in [0.3, 0.4) is 0 Å². The molecule has 0 aromatic heterocycles. The molecule has 6 heteroatoms. The van der Waals surface area contributed by atoms with Crippen molar-refractivity contribution in [2.24, 2.45) is 0 Å². The van der Waals surface area contributed by atoms with Gasteiger partial charge < -0.3 is 4.74 Å². The van der Waals surface area contributed by atoms with Crippen LogP contribution in [0.25, 0.3) is 0 Å². The molecule has 2 amide bonds.